The van der Waals surface area contributed by atoms with E-state index >= 15 is 0 Å². The van der Waals surface area contributed by atoms with Gasteiger partial charge in [0.25, 0.3) is 0 Å². The van der Waals surface area contributed by atoms with Gasteiger partial charge in [0.2, 0.25) is 5.82 Å². The van der Waals surface area contributed by atoms with E-state index in [1.54, 1.807) is 25.8 Å². The maximum absolute atomic E-state index is 4.32. The van der Waals surface area contributed by atoms with Crippen molar-refractivity contribution in [3.8, 4) is 11.8 Å². The van der Waals surface area contributed by atoms with Crippen LogP contribution in [0.5, 0.6) is 0 Å². The monoisotopic (exact) mass is 250 g/mol. The minimum absolute atomic E-state index is 0.424. The molecule has 3 rings (SSSR count). The Bertz CT molecular complexity index is 766. The van der Waals surface area contributed by atoms with Gasteiger partial charge in [0.15, 0.2) is 11.5 Å². The molecule has 2 N–H and O–H groups in total. The van der Waals surface area contributed by atoms with E-state index in [0.717, 1.165) is 11.1 Å². The fraction of sp³-hybridized carbons (Fsp3) is 0.0769. The molecule has 0 spiro atoms. The van der Waals surface area contributed by atoms with E-state index in [0.29, 0.717) is 17.3 Å². The van der Waals surface area contributed by atoms with Crippen LogP contribution in [0.4, 0.5) is 5.82 Å². The van der Waals surface area contributed by atoms with E-state index in [-0.39, 0.29) is 0 Å². The van der Waals surface area contributed by atoms with Crippen LogP contribution in [-0.2, 0) is 0 Å². The number of hydrogen-bond donors (Lipinski definition) is 2. The summed E-state index contributed by atoms with van der Waals surface area (Å²) in [6, 6.07) is 3.72. The summed E-state index contributed by atoms with van der Waals surface area (Å²) in [5.41, 5.74) is 2.18. The van der Waals surface area contributed by atoms with Crippen molar-refractivity contribution in [3.05, 3.63) is 42.2 Å². The van der Waals surface area contributed by atoms with Gasteiger partial charge in [-0.1, -0.05) is 5.92 Å². The third kappa shape index (κ3) is 2.21. The Hall–Kier alpha value is -2.94. The number of pyridine rings is 1. The number of aromatic nitrogens is 5. The van der Waals surface area contributed by atoms with Crippen molar-refractivity contribution in [1.82, 2.24) is 24.9 Å². The molecule has 3 heterocycles. The molecule has 0 aliphatic heterocycles. The number of nitrogens with one attached hydrogen (secondary N) is 2. The first-order valence-corrected chi connectivity index (χ1v) is 5.68. The van der Waals surface area contributed by atoms with Crippen molar-refractivity contribution >= 4 is 17.0 Å². The van der Waals surface area contributed by atoms with Crippen LogP contribution in [0, 0.1) is 11.8 Å². The molecule has 0 unspecified atom stereocenters. The zero-order valence-corrected chi connectivity index (χ0v) is 10.2. The van der Waals surface area contributed by atoms with E-state index in [9.17, 15) is 0 Å². The van der Waals surface area contributed by atoms with Crippen LogP contribution in [0.1, 0.15) is 11.4 Å². The van der Waals surface area contributed by atoms with Gasteiger partial charge in [-0.2, -0.15) is 4.98 Å². The summed E-state index contributed by atoms with van der Waals surface area (Å²) in [7, 11) is 1.79. The highest BCUT2D eigenvalue weighted by Gasteiger charge is 2.06. The maximum atomic E-state index is 4.32. The van der Waals surface area contributed by atoms with E-state index < -0.39 is 0 Å². The largest absolute Gasteiger partial charge is 0.371 e. The van der Waals surface area contributed by atoms with E-state index in [1.807, 2.05) is 12.1 Å². The lowest BCUT2D eigenvalue weighted by molar-refractivity contribution is 1.15. The molecule has 0 saturated heterocycles. The molecule has 0 bridgehead atoms. The van der Waals surface area contributed by atoms with Crippen molar-refractivity contribution in [1.29, 1.82) is 0 Å². The van der Waals surface area contributed by atoms with Gasteiger partial charge in [-0.05, 0) is 18.1 Å². The highest BCUT2D eigenvalue weighted by atomic mass is 15.1. The SMILES string of the molecule is CNc1nc(C#Cc2cccnc2)nc2nc[nH]c12. The van der Waals surface area contributed by atoms with Gasteiger partial charge in [0.1, 0.15) is 5.52 Å². The number of nitrogens with zero attached hydrogens (tertiary/aromatic N) is 4. The van der Waals surface area contributed by atoms with Crippen LogP contribution < -0.4 is 5.32 Å². The Labute approximate surface area is 109 Å². The first-order valence-electron chi connectivity index (χ1n) is 5.68. The van der Waals surface area contributed by atoms with Gasteiger partial charge < -0.3 is 10.3 Å². The average Bonchev–Trinajstić information content (AvgIpc) is 2.93. The zero-order valence-electron chi connectivity index (χ0n) is 10.2. The number of anilines is 1. The normalized spacial score (nSPS) is 9.95. The fourth-order valence-electron chi connectivity index (χ4n) is 1.63. The average molecular weight is 250 g/mol. The van der Waals surface area contributed by atoms with Gasteiger partial charge in [-0.15, -0.1) is 0 Å². The summed E-state index contributed by atoms with van der Waals surface area (Å²) in [6.07, 6.45) is 4.98. The second-order valence-corrected chi connectivity index (χ2v) is 3.74. The lowest BCUT2D eigenvalue weighted by Gasteiger charge is -1.99. The number of hydrogen-bond acceptors (Lipinski definition) is 5. The lowest BCUT2D eigenvalue weighted by Crippen LogP contribution is -1.98. The summed E-state index contributed by atoms with van der Waals surface area (Å²) in [5, 5.41) is 2.99. The molecule has 0 saturated carbocycles. The molecule has 0 aromatic carbocycles. The van der Waals surface area contributed by atoms with Crippen LogP contribution >= 0.6 is 0 Å². The van der Waals surface area contributed by atoms with Gasteiger partial charge in [-0.25, -0.2) is 9.97 Å². The smallest absolute Gasteiger partial charge is 0.209 e. The van der Waals surface area contributed by atoms with Gasteiger partial charge >= 0.3 is 0 Å². The molecule has 3 aromatic heterocycles. The number of aromatic amines is 1. The first-order chi connectivity index (χ1) is 9.36. The van der Waals surface area contributed by atoms with Crippen LogP contribution in [0.3, 0.4) is 0 Å². The molecule has 19 heavy (non-hydrogen) atoms. The zero-order chi connectivity index (χ0) is 13.1. The van der Waals surface area contributed by atoms with Crippen LogP contribution in [-0.4, -0.2) is 32.0 Å². The molecule has 0 radical (unpaired) electrons. The van der Waals surface area contributed by atoms with Crippen LogP contribution in [0.15, 0.2) is 30.9 Å². The van der Waals surface area contributed by atoms with Gasteiger partial charge in [0, 0.05) is 25.0 Å². The Balaban J connectivity index is 2.04. The first kappa shape index (κ1) is 11.2. The number of imidazole rings is 1. The maximum Gasteiger partial charge on any atom is 0.209 e. The third-order valence-corrected chi connectivity index (χ3v) is 2.50. The van der Waals surface area contributed by atoms with Crippen molar-refractivity contribution in [2.24, 2.45) is 0 Å². The molecule has 92 valence electrons. The summed E-state index contributed by atoms with van der Waals surface area (Å²) >= 11 is 0. The number of fused-ring (bicyclic) bond motifs is 1. The molecular weight excluding hydrogens is 240 g/mol. The predicted octanol–water partition coefficient (Wildman–Crippen LogP) is 1.19. The molecular formula is C13H10N6. The van der Waals surface area contributed by atoms with Gasteiger partial charge in [0.05, 0.1) is 6.33 Å². The fourth-order valence-corrected chi connectivity index (χ4v) is 1.63. The van der Waals surface area contributed by atoms with Crippen molar-refractivity contribution in [2.75, 3.05) is 12.4 Å². The summed E-state index contributed by atoms with van der Waals surface area (Å²) < 4.78 is 0. The summed E-state index contributed by atoms with van der Waals surface area (Å²) in [6.45, 7) is 0. The lowest BCUT2D eigenvalue weighted by atomic mass is 10.3. The minimum Gasteiger partial charge on any atom is -0.371 e. The molecule has 6 nitrogen and oxygen atoms in total. The Morgan fingerprint density at radius 2 is 2.21 bits per heavy atom. The summed E-state index contributed by atoms with van der Waals surface area (Å²) in [5.74, 6) is 6.98. The van der Waals surface area contributed by atoms with E-state index in [2.05, 4.69) is 42.1 Å². The van der Waals surface area contributed by atoms with Gasteiger partial charge in [-0.3, -0.25) is 4.98 Å². The van der Waals surface area contributed by atoms with E-state index in [1.165, 1.54) is 0 Å². The number of H-pyrrole nitrogens is 1. The highest BCUT2D eigenvalue weighted by Crippen LogP contribution is 2.15. The standard InChI is InChI=1S/C13H10N6/c1-14-12-11-13(17-8-16-11)19-10(18-12)5-4-9-3-2-6-15-7-9/h2-3,6-8H,1H3,(H2,14,16,17,18,19). The van der Waals surface area contributed by atoms with Crippen molar-refractivity contribution in [2.45, 2.75) is 0 Å². The Morgan fingerprint density at radius 3 is 3.00 bits per heavy atom. The molecule has 0 atom stereocenters. The Kier molecular flexibility index (Phi) is 2.79. The van der Waals surface area contributed by atoms with Crippen molar-refractivity contribution < 1.29 is 0 Å². The second-order valence-electron chi connectivity index (χ2n) is 3.74. The third-order valence-electron chi connectivity index (χ3n) is 2.50. The highest BCUT2D eigenvalue weighted by molar-refractivity contribution is 5.82. The minimum atomic E-state index is 0.424. The second kappa shape index (κ2) is 4.74. The summed E-state index contributed by atoms with van der Waals surface area (Å²) in [4.78, 5) is 19.7. The van der Waals surface area contributed by atoms with Crippen LogP contribution in [0.25, 0.3) is 11.2 Å². The predicted molar refractivity (Wildman–Crippen MR) is 71.4 cm³/mol. The number of rotatable bonds is 1. The molecule has 0 aliphatic carbocycles. The van der Waals surface area contributed by atoms with E-state index in [4.69, 9.17) is 0 Å². The topological polar surface area (TPSA) is 79.4 Å². The molecule has 0 fully saturated rings. The molecule has 3 aromatic rings. The quantitative estimate of drug-likeness (QED) is 0.634. The molecule has 6 heteroatoms. The molecule has 0 aliphatic rings. The molecule has 0 amide bonds. The van der Waals surface area contributed by atoms with Crippen molar-refractivity contribution in [3.63, 3.8) is 0 Å². The van der Waals surface area contributed by atoms with Crippen LogP contribution in [0.2, 0.25) is 0 Å². The Morgan fingerprint density at radius 1 is 1.26 bits per heavy atom.